The van der Waals surface area contributed by atoms with Crippen molar-refractivity contribution in [2.24, 2.45) is 4.99 Å². The van der Waals surface area contributed by atoms with Crippen molar-refractivity contribution in [1.82, 2.24) is 15.2 Å². The first-order valence-corrected chi connectivity index (χ1v) is 13.9. The van der Waals surface area contributed by atoms with Crippen LogP contribution in [-0.2, 0) is 4.74 Å². The van der Waals surface area contributed by atoms with E-state index in [1.165, 1.54) is 6.92 Å². The molecule has 0 aliphatic heterocycles. The SMILES string of the molecule is C=C(NCC(C)=NC)Nc1cc(NC(C)CCN(C)CC)c(-c2cccc(OCCOC)c2)cn1.CC.CC#N. The average molecular weight is 554 g/mol. The Morgan fingerprint density at radius 3 is 2.58 bits per heavy atom. The van der Waals surface area contributed by atoms with Crippen LogP contribution in [0.1, 0.15) is 48.0 Å². The maximum absolute atomic E-state index is 7.32. The molecular weight excluding hydrogens is 502 g/mol. The Hall–Kier alpha value is -3.61. The average Bonchev–Trinajstić information content (AvgIpc) is 2.96. The van der Waals surface area contributed by atoms with Gasteiger partial charge < -0.3 is 30.3 Å². The number of ether oxygens (including phenoxy) is 2. The molecule has 0 bridgehead atoms. The minimum atomic E-state index is 0.281. The lowest BCUT2D eigenvalue weighted by atomic mass is 10.0. The van der Waals surface area contributed by atoms with E-state index in [2.05, 4.69) is 64.4 Å². The van der Waals surface area contributed by atoms with Gasteiger partial charge in [-0.15, -0.1) is 0 Å². The largest absolute Gasteiger partial charge is 0.491 e. The van der Waals surface area contributed by atoms with Crippen LogP contribution in [-0.4, -0.2) is 75.7 Å². The Morgan fingerprint density at radius 2 is 1.95 bits per heavy atom. The molecule has 9 heteroatoms. The standard InChI is InChI=1S/C27H42N6O2.C2H3N.C2H6/c1-8-33(6)13-12-20(2)31-26-17-27(32-22(4)29-18-21(3)28-5)30-19-25(26)23-10-9-11-24(16-23)35-15-14-34-7;1-2-3;1-2/h9-11,16-17,19-20,29H,4,8,12-15,18H2,1-3,5-7H3,(H2,30,31,32);1H3;1-2H3. The van der Waals surface area contributed by atoms with Crippen LogP contribution in [0.4, 0.5) is 11.5 Å². The van der Waals surface area contributed by atoms with Crippen LogP contribution >= 0.6 is 0 Å². The Balaban J connectivity index is 0.00000284. The van der Waals surface area contributed by atoms with Crippen LogP contribution in [0, 0.1) is 11.3 Å². The molecule has 0 spiro atoms. The van der Waals surface area contributed by atoms with E-state index in [0.717, 1.165) is 47.8 Å². The first kappa shape index (κ1) is 36.4. The predicted molar refractivity (Wildman–Crippen MR) is 170 cm³/mol. The number of hydrogen-bond donors (Lipinski definition) is 3. The summed E-state index contributed by atoms with van der Waals surface area (Å²) in [6, 6.07) is 12.1. The second kappa shape index (κ2) is 22.2. The third kappa shape index (κ3) is 15.1. The second-order valence-corrected chi connectivity index (χ2v) is 8.85. The summed E-state index contributed by atoms with van der Waals surface area (Å²) in [6.45, 7) is 19.6. The third-order valence-corrected chi connectivity index (χ3v) is 5.71. The highest BCUT2D eigenvalue weighted by Crippen LogP contribution is 2.32. The van der Waals surface area contributed by atoms with Crippen LogP contribution < -0.4 is 20.7 Å². The van der Waals surface area contributed by atoms with E-state index in [4.69, 9.17) is 14.7 Å². The van der Waals surface area contributed by atoms with Gasteiger partial charge in [0.15, 0.2) is 0 Å². The van der Waals surface area contributed by atoms with Crippen molar-refractivity contribution in [3.63, 3.8) is 0 Å². The number of pyridine rings is 1. The fraction of sp³-hybridized carbons (Fsp3) is 0.516. The summed E-state index contributed by atoms with van der Waals surface area (Å²) in [7, 11) is 5.59. The number of nitrogens with zero attached hydrogens (tertiary/aromatic N) is 4. The van der Waals surface area contributed by atoms with Crippen molar-refractivity contribution in [1.29, 1.82) is 5.26 Å². The summed E-state index contributed by atoms with van der Waals surface area (Å²) >= 11 is 0. The molecule has 1 unspecified atom stereocenters. The second-order valence-electron chi connectivity index (χ2n) is 8.85. The summed E-state index contributed by atoms with van der Waals surface area (Å²) in [5.41, 5.74) is 4.04. The van der Waals surface area contributed by atoms with Crippen LogP contribution in [0.5, 0.6) is 5.75 Å². The maximum atomic E-state index is 7.32. The van der Waals surface area contributed by atoms with Crippen molar-refractivity contribution in [3.8, 4) is 22.9 Å². The third-order valence-electron chi connectivity index (χ3n) is 5.71. The van der Waals surface area contributed by atoms with Crippen LogP contribution in [0.25, 0.3) is 11.1 Å². The quantitative estimate of drug-likeness (QED) is 0.171. The van der Waals surface area contributed by atoms with E-state index in [1.807, 2.05) is 51.2 Å². The monoisotopic (exact) mass is 553 g/mol. The zero-order chi connectivity index (χ0) is 30.3. The smallest absolute Gasteiger partial charge is 0.133 e. The van der Waals surface area contributed by atoms with Crippen molar-refractivity contribution in [2.75, 3.05) is 64.7 Å². The van der Waals surface area contributed by atoms with Gasteiger partial charge in [-0.2, -0.15) is 5.26 Å². The molecule has 3 N–H and O–H groups in total. The highest BCUT2D eigenvalue weighted by atomic mass is 16.5. The Bertz CT molecular complexity index is 1050. The molecular formula is C31H51N7O2. The first-order chi connectivity index (χ1) is 19.3. The van der Waals surface area contributed by atoms with Crippen molar-refractivity contribution < 1.29 is 9.47 Å². The number of nitriles is 1. The highest BCUT2D eigenvalue weighted by Gasteiger charge is 2.13. The van der Waals surface area contributed by atoms with Gasteiger partial charge in [0, 0.05) is 56.3 Å². The minimum absolute atomic E-state index is 0.281. The number of aromatic nitrogens is 1. The molecule has 0 aliphatic rings. The number of anilines is 2. The number of hydrogen-bond acceptors (Lipinski definition) is 9. The number of aliphatic imine (C=N–C) groups is 1. The number of methoxy groups -OCH3 is 1. The summed E-state index contributed by atoms with van der Waals surface area (Å²) < 4.78 is 10.9. The number of nitrogens with one attached hydrogen (secondary N) is 3. The van der Waals surface area contributed by atoms with E-state index < -0.39 is 0 Å². The van der Waals surface area contributed by atoms with Gasteiger partial charge in [-0.3, -0.25) is 4.99 Å². The fourth-order valence-electron chi connectivity index (χ4n) is 3.29. The van der Waals surface area contributed by atoms with Gasteiger partial charge >= 0.3 is 0 Å². The summed E-state index contributed by atoms with van der Waals surface area (Å²) in [6.07, 6.45) is 2.91. The van der Waals surface area contributed by atoms with E-state index in [0.29, 0.717) is 31.4 Å². The lowest BCUT2D eigenvalue weighted by Gasteiger charge is -2.22. The van der Waals surface area contributed by atoms with Gasteiger partial charge in [-0.05, 0) is 58.1 Å². The molecule has 0 radical (unpaired) electrons. The first-order valence-electron chi connectivity index (χ1n) is 13.9. The lowest BCUT2D eigenvalue weighted by molar-refractivity contribution is 0.146. The maximum Gasteiger partial charge on any atom is 0.133 e. The molecule has 40 heavy (non-hydrogen) atoms. The molecule has 1 heterocycles. The van der Waals surface area contributed by atoms with Crippen molar-refractivity contribution in [3.05, 3.63) is 48.9 Å². The molecule has 0 aliphatic carbocycles. The highest BCUT2D eigenvalue weighted by molar-refractivity contribution is 5.84. The Morgan fingerprint density at radius 1 is 1.25 bits per heavy atom. The number of benzene rings is 1. The van der Waals surface area contributed by atoms with Crippen LogP contribution in [0.3, 0.4) is 0 Å². The molecule has 0 amide bonds. The molecule has 222 valence electrons. The van der Waals surface area contributed by atoms with Gasteiger partial charge in [0.25, 0.3) is 0 Å². The van der Waals surface area contributed by atoms with E-state index >= 15 is 0 Å². The molecule has 1 aromatic heterocycles. The normalized spacial score (nSPS) is 11.2. The summed E-state index contributed by atoms with van der Waals surface area (Å²) in [4.78, 5) is 11.1. The van der Waals surface area contributed by atoms with Gasteiger partial charge in [0.05, 0.1) is 25.0 Å². The molecule has 9 nitrogen and oxygen atoms in total. The van der Waals surface area contributed by atoms with Crippen LogP contribution in [0.15, 0.2) is 53.9 Å². The molecule has 1 aromatic carbocycles. The molecule has 2 aromatic rings. The lowest BCUT2D eigenvalue weighted by Crippen LogP contribution is -2.26. The van der Waals surface area contributed by atoms with Gasteiger partial charge in [-0.25, -0.2) is 4.98 Å². The van der Waals surface area contributed by atoms with E-state index in [-0.39, 0.29) is 6.04 Å². The minimum Gasteiger partial charge on any atom is -0.491 e. The summed E-state index contributed by atoms with van der Waals surface area (Å²) in [5.74, 6) is 2.19. The van der Waals surface area contributed by atoms with Gasteiger partial charge in [0.2, 0.25) is 0 Å². The van der Waals surface area contributed by atoms with E-state index in [1.54, 1.807) is 20.2 Å². The molecule has 0 saturated carbocycles. The zero-order valence-corrected chi connectivity index (χ0v) is 26.1. The molecule has 0 saturated heterocycles. The predicted octanol–water partition coefficient (Wildman–Crippen LogP) is 6.04. The molecule has 1 atom stereocenters. The topological polar surface area (TPSA) is 107 Å². The Labute approximate surface area is 242 Å². The summed E-state index contributed by atoms with van der Waals surface area (Å²) in [5, 5.41) is 17.5. The number of rotatable bonds is 16. The molecule has 0 fully saturated rings. The van der Waals surface area contributed by atoms with Crippen molar-refractivity contribution in [2.45, 2.75) is 54.0 Å². The van der Waals surface area contributed by atoms with Gasteiger partial charge in [-0.1, -0.05) is 39.5 Å². The molecule has 2 rings (SSSR count). The van der Waals surface area contributed by atoms with E-state index in [9.17, 15) is 0 Å². The fourth-order valence-corrected chi connectivity index (χ4v) is 3.29. The Kier molecular flexibility index (Phi) is 20.2. The van der Waals surface area contributed by atoms with Gasteiger partial charge in [0.1, 0.15) is 18.2 Å². The van der Waals surface area contributed by atoms with Crippen LogP contribution in [0.2, 0.25) is 0 Å². The zero-order valence-electron chi connectivity index (χ0n) is 26.1. The van der Waals surface area contributed by atoms with Crippen molar-refractivity contribution >= 4 is 17.2 Å².